The highest BCUT2D eigenvalue weighted by Gasteiger charge is 2.37. The number of Topliss-reactive ketones (excluding diaryl/α,β-unsaturated/α-hetero) is 1. The van der Waals surface area contributed by atoms with Crippen LogP contribution in [-0.4, -0.2) is 36.5 Å². The van der Waals surface area contributed by atoms with Gasteiger partial charge >= 0.3 is 0 Å². The molecule has 0 bridgehead atoms. The van der Waals surface area contributed by atoms with Gasteiger partial charge in [0.15, 0.2) is 11.6 Å². The summed E-state index contributed by atoms with van der Waals surface area (Å²) >= 11 is 6.22. The monoisotopic (exact) mass is 453 g/mol. The molecule has 0 saturated carbocycles. The molecule has 0 spiro atoms. The van der Waals surface area contributed by atoms with Gasteiger partial charge in [0.2, 0.25) is 5.95 Å². The maximum Gasteiger partial charge on any atom is 0.284 e. The molecule has 5 rings (SSSR count). The van der Waals surface area contributed by atoms with Crippen molar-refractivity contribution in [3.05, 3.63) is 75.3 Å². The Morgan fingerprint density at radius 3 is 2.81 bits per heavy atom. The normalized spacial score (nSPS) is 15.7. The van der Waals surface area contributed by atoms with Crippen LogP contribution >= 0.6 is 11.6 Å². The molecule has 9 nitrogen and oxygen atoms in total. The van der Waals surface area contributed by atoms with Crippen LogP contribution in [0.25, 0.3) is 11.2 Å². The molecule has 4 heterocycles. The highest BCUT2D eigenvalue weighted by molar-refractivity contribution is 6.33. The molecule has 3 aromatic heterocycles. The number of carbonyl (C=O) groups is 1. The zero-order chi connectivity index (χ0) is 22.6. The summed E-state index contributed by atoms with van der Waals surface area (Å²) in [5, 5.41) is 4.87. The van der Waals surface area contributed by atoms with Gasteiger partial charge in [-0.2, -0.15) is 10.1 Å². The Hall–Kier alpha value is -3.79. The van der Waals surface area contributed by atoms with Crippen LogP contribution in [0.4, 0.5) is 16.2 Å². The number of hydrogen-bond donors (Lipinski definition) is 1. The maximum absolute atomic E-state index is 14.0. The van der Waals surface area contributed by atoms with Crippen LogP contribution in [0.2, 0.25) is 5.02 Å². The third-order valence-corrected chi connectivity index (χ3v) is 5.79. The van der Waals surface area contributed by atoms with E-state index in [-0.39, 0.29) is 22.3 Å². The smallest absolute Gasteiger partial charge is 0.284 e. The summed E-state index contributed by atoms with van der Waals surface area (Å²) in [5.41, 5.74) is 6.15. The maximum atomic E-state index is 14.0. The van der Waals surface area contributed by atoms with Crippen molar-refractivity contribution in [2.75, 3.05) is 17.2 Å². The number of nitrogen functional groups attached to an aromatic ring is 1. The SMILES string of the molecule is CC(=O)c1cnc(N)nc1N1CC[C@H]1c1nn2ccc(Cl)c2c(=O)n1-c1cccc(F)c1. The van der Waals surface area contributed by atoms with Gasteiger partial charge in [-0.05, 0) is 37.6 Å². The van der Waals surface area contributed by atoms with Crippen LogP contribution < -0.4 is 16.2 Å². The van der Waals surface area contributed by atoms with Crippen molar-refractivity contribution < 1.29 is 9.18 Å². The van der Waals surface area contributed by atoms with Gasteiger partial charge in [0.1, 0.15) is 17.2 Å². The fraction of sp³-hybridized carbons (Fsp3) is 0.190. The first-order valence-corrected chi connectivity index (χ1v) is 10.2. The molecule has 1 aliphatic rings. The largest absolute Gasteiger partial charge is 0.368 e. The van der Waals surface area contributed by atoms with E-state index in [0.29, 0.717) is 35.9 Å². The van der Waals surface area contributed by atoms with Gasteiger partial charge in [0, 0.05) is 18.9 Å². The van der Waals surface area contributed by atoms with E-state index in [1.54, 1.807) is 18.3 Å². The molecule has 0 radical (unpaired) electrons. The number of fused-ring (bicyclic) bond motifs is 1. The van der Waals surface area contributed by atoms with Crippen LogP contribution in [0.1, 0.15) is 35.6 Å². The van der Waals surface area contributed by atoms with E-state index in [1.165, 1.54) is 40.4 Å². The molecule has 11 heteroatoms. The molecule has 1 atom stereocenters. The molecule has 1 fully saturated rings. The number of benzene rings is 1. The van der Waals surface area contributed by atoms with Gasteiger partial charge in [0.05, 0.1) is 22.3 Å². The number of halogens is 2. The second-order valence-corrected chi connectivity index (χ2v) is 7.86. The van der Waals surface area contributed by atoms with Crippen molar-refractivity contribution in [3.8, 4) is 5.69 Å². The first-order valence-electron chi connectivity index (χ1n) is 9.81. The Labute approximate surface area is 185 Å². The van der Waals surface area contributed by atoms with E-state index < -0.39 is 17.4 Å². The van der Waals surface area contributed by atoms with E-state index in [4.69, 9.17) is 17.3 Å². The quantitative estimate of drug-likeness (QED) is 0.473. The zero-order valence-electron chi connectivity index (χ0n) is 16.9. The van der Waals surface area contributed by atoms with Crippen molar-refractivity contribution in [1.82, 2.24) is 24.1 Å². The van der Waals surface area contributed by atoms with Gasteiger partial charge in [-0.3, -0.25) is 14.2 Å². The van der Waals surface area contributed by atoms with E-state index in [0.717, 1.165) is 0 Å². The van der Waals surface area contributed by atoms with Gasteiger partial charge in [-0.25, -0.2) is 13.9 Å². The predicted octanol–water partition coefficient (Wildman–Crippen LogP) is 2.80. The second kappa shape index (κ2) is 7.41. The first kappa shape index (κ1) is 20.1. The third kappa shape index (κ3) is 3.11. The molecule has 0 unspecified atom stereocenters. The summed E-state index contributed by atoms with van der Waals surface area (Å²) in [6.07, 6.45) is 3.60. The van der Waals surface area contributed by atoms with Crippen LogP contribution in [0.5, 0.6) is 0 Å². The van der Waals surface area contributed by atoms with Crippen molar-refractivity contribution in [3.63, 3.8) is 0 Å². The number of nitrogens with zero attached hydrogens (tertiary/aromatic N) is 6. The molecule has 1 saturated heterocycles. The predicted molar refractivity (Wildman–Crippen MR) is 117 cm³/mol. The fourth-order valence-corrected chi connectivity index (χ4v) is 4.11. The molecule has 0 amide bonds. The van der Waals surface area contributed by atoms with Crippen LogP contribution in [0.15, 0.2) is 47.5 Å². The number of rotatable bonds is 4. The summed E-state index contributed by atoms with van der Waals surface area (Å²) in [7, 11) is 0. The molecule has 1 aromatic carbocycles. The number of hydrogen-bond acceptors (Lipinski definition) is 7. The Balaban J connectivity index is 1.73. The van der Waals surface area contributed by atoms with Crippen molar-refractivity contribution in [2.45, 2.75) is 19.4 Å². The van der Waals surface area contributed by atoms with Gasteiger partial charge in [0.25, 0.3) is 5.56 Å². The Morgan fingerprint density at radius 1 is 1.31 bits per heavy atom. The summed E-state index contributed by atoms with van der Waals surface area (Å²) < 4.78 is 16.8. The second-order valence-electron chi connectivity index (χ2n) is 7.46. The highest BCUT2D eigenvalue weighted by Crippen LogP contribution is 2.38. The molecule has 162 valence electrons. The van der Waals surface area contributed by atoms with E-state index in [1.807, 2.05) is 4.90 Å². The third-order valence-electron chi connectivity index (χ3n) is 5.49. The van der Waals surface area contributed by atoms with Gasteiger partial charge in [-0.1, -0.05) is 17.7 Å². The zero-order valence-corrected chi connectivity index (χ0v) is 17.6. The molecular formula is C21H17ClFN7O2. The Bertz CT molecular complexity index is 1450. The first-order chi connectivity index (χ1) is 15.3. The number of aromatic nitrogens is 5. The minimum atomic E-state index is -0.491. The lowest BCUT2D eigenvalue weighted by Crippen LogP contribution is -2.46. The highest BCUT2D eigenvalue weighted by atomic mass is 35.5. The lowest BCUT2D eigenvalue weighted by atomic mass is 10.00. The van der Waals surface area contributed by atoms with E-state index in [9.17, 15) is 14.0 Å². The molecule has 4 aromatic rings. The van der Waals surface area contributed by atoms with Crippen LogP contribution in [0.3, 0.4) is 0 Å². The van der Waals surface area contributed by atoms with E-state index in [2.05, 4.69) is 15.1 Å². The van der Waals surface area contributed by atoms with Gasteiger partial charge < -0.3 is 10.6 Å². The summed E-state index contributed by atoms with van der Waals surface area (Å²) in [6, 6.07) is 6.85. The molecule has 2 N–H and O–H groups in total. The minimum absolute atomic E-state index is 0.0266. The number of anilines is 2. The summed E-state index contributed by atoms with van der Waals surface area (Å²) in [6.45, 7) is 1.98. The molecular weight excluding hydrogens is 437 g/mol. The number of carbonyl (C=O) groups excluding carboxylic acids is 1. The van der Waals surface area contributed by atoms with Crippen molar-refractivity contribution in [1.29, 1.82) is 0 Å². The van der Waals surface area contributed by atoms with Gasteiger partial charge in [-0.15, -0.1) is 0 Å². The van der Waals surface area contributed by atoms with Crippen LogP contribution in [0, 0.1) is 5.82 Å². The molecule has 32 heavy (non-hydrogen) atoms. The minimum Gasteiger partial charge on any atom is -0.368 e. The molecule has 1 aliphatic heterocycles. The molecule has 0 aliphatic carbocycles. The summed E-state index contributed by atoms with van der Waals surface area (Å²) in [4.78, 5) is 35.6. The summed E-state index contributed by atoms with van der Waals surface area (Å²) in [5.74, 6) is 0.0485. The topological polar surface area (TPSA) is 111 Å². The average Bonchev–Trinajstić information content (AvgIpc) is 3.08. The number of ketones is 1. The van der Waals surface area contributed by atoms with Crippen molar-refractivity contribution >= 4 is 34.7 Å². The number of nitrogens with two attached hydrogens (primary N) is 1. The lowest BCUT2D eigenvalue weighted by Gasteiger charge is -2.42. The van der Waals surface area contributed by atoms with Crippen molar-refractivity contribution in [2.24, 2.45) is 0 Å². The fourth-order valence-electron chi connectivity index (χ4n) is 3.89. The van der Waals surface area contributed by atoms with E-state index >= 15 is 0 Å². The average molecular weight is 454 g/mol. The Morgan fingerprint density at radius 2 is 2.12 bits per heavy atom. The standard InChI is InChI=1S/C21H17ClFN7O2/c1-11(31)14-10-25-21(24)26-18(14)28-7-6-16(28)19-27-29-8-5-15(22)17(29)20(32)30(19)13-4-2-3-12(23)9-13/h2-5,8-10,16H,6-7H2,1H3,(H2,24,25,26)/t16-/m0/s1. The Kier molecular flexibility index (Phi) is 4.66. The lowest BCUT2D eigenvalue weighted by molar-refractivity contribution is 0.101. The van der Waals surface area contributed by atoms with Crippen LogP contribution in [-0.2, 0) is 0 Å².